The zero-order valence-electron chi connectivity index (χ0n) is 22.6. The fraction of sp³-hybridized carbons (Fsp3) is 0.370. The van der Waals surface area contributed by atoms with Crippen LogP contribution in [0.1, 0.15) is 18.1 Å². The van der Waals surface area contributed by atoms with Crippen molar-refractivity contribution in [3.8, 4) is 16.9 Å². The van der Waals surface area contributed by atoms with Gasteiger partial charge < -0.3 is 9.64 Å². The summed E-state index contributed by atoms with van der Waals surface area (Å²) in [5.41, 5.74) is 3.33. The largest absolute Gasteiger partial charge is 0.434 e. The molecule has 1 fully saturated rings. The second kappa shape index (κ2) is 10.6. The molecule has 0 amide bonds. The number of aromatic nitrogens is 4. The second-order valence-electron chi connectivity index (χ2n) is 10.0. The molecule has 10 nitrogen and oxygen atoms in total. The Hall–Kier alpha value is -3.84. The first-order chi connectivity index (χ1) is 18.9. The van der Waals surface area contributed by atoms with Crippen molar-refractivity contribution >= 4 is 26.9 Å². The summed E-state index contributed by atoms with van der Waals surface area (Å²) in [6.07, 6.45) is 4.60. The third-order valence-corrected chi connectivity index (χ3v) is 8.56. The molecule has 13 heteroatoms. The molecule has 1 aliphatic heterocycles. The number of anilines is 1. The van der Waals surface area contributed by atoms with Gasteiger partial charge in [-0.3, -0.25) is 14.2 Å². The maximum absolute atomic E-state index is 13.0. The summed E-state index contributed by atoms with van der Waals surface area (Å²) in [6, 6.07) is 10.2. The SMILES string of the molecule is Cc1ccc(OC(F)F)c(Cn2c3cc(-c4cnc(N5CCN(S(C)(=O)=O)[C@H](C)C5)nc4)ccc3c(=O)n2C)c1. The number of ether oxygens (including phenoxy) is 1. The number of fused-ring (bicyclic) bond motifs is 1. The highest BCUT2D eigenvalue weighted by Gasteiger charge is 2.30. The Kier molecular flexibility index (Phi) is 7.36. The monoisotopic (exact) mass is 572 g/mol. The number of piperazine rings is 1. The van der Waals surface area contributed by atoms with E-state index in [0.29, 0.717) is 42.0 Å². The number of halogens is 2. The van der Waals surface area contributed by atoms with E-state index >= 15 is 0 Å². The molecule has 2 aromatic heterocycles. The van der Waals surface area contributed by atoms with Crippen LogP contribution in [0.5, 0.6) is 5.75 Å². The Morgan fingerprint density at radius 2 is 1.80 bits per heavy atom. The molecule has 2 aromatic carbocycles. The van der Waals surface area contributed by atoms with Gasteiger partial charge in [-0.15, -0.1) is 0 Å². The molecule has 0 unspecified atom stereocenters. The minimum atomic E-state index is -3.28. The Labute approximate surface area is 230 Å². The molecular formula is C27H30F2N6O4S. The Morgan fingerprint density at radius 3 is 2.45 bits per heavy atom. The van der Waals surface area contributed by atoms with Crippen LogP contribution in [0.2, 0.25) is 0 Å². The molecule has 0 saturated carbocycles. The van der Waals surface area contributed by atoms with Crippen molar-refractivity contribution in [3.63, 3.8) is 0 Å². The summed E-state index contributed by atoms with van der Waals surface area (Å²) in [5, 5.41) is 0.491. The van der Waals surface area contributed by atoms with Gasteiger partial charge in [-0.05, 0) is 37.6 Å². The van der Waals surface area contributed by atoms with Crippen LogP contribution < -0.4 is 15.2 Å². The molecule has 0 bridgehead atoms. The van der Waals surface area contributed by atoms with Gasteiger partial charge in [0.15, 0.2) is 0 Å². The zero-order chi connectivity index (χ0) is 28.8. The first-order valence-corrected chi connectivity index (χ1v) is 14.6. The van der Waals surface area contributed by atoms with E-state index in [0.717, 1.165) is 16.7 Å². The minimum absolute atomic E-state index is 0.0572. The molecule has 5 rings (SSSR count). The normalized spacial score (nSPS) is 16.7. The number of nitrogens with zero attached hydrogens (tertiary/aromatic N) is 6. The average molecular weight is 573 g/mol. The van der Waals surface area contributed by atoms with E-state index in [2.05, 4.69) is 9.97 Å². The van der Waals surface area contributed by atoms with Crippen LogP contribution in [0, 0.1) is 6.92 Å². The molecule has 212 valence electrons. The quantitative estimate of drug-likeness (QED) is 0.335. The zero-order valence-corrected chi connectivity index (χ0v) is 23.4. The highest BCUT2D eigenvalue weighted by molar-refractivity contribution is 7.88. The van der Waals surface area contributed by atoms with Crippen molar-refractivity contribution in [2.24, 2.45) is 7.05 Å². The lowest BCUT2D eigenvalue weighted by Crippen LogP contribution is -2.54. The van der Waals surface area contributed by atoms with Gasteiger partial charge in [0.05, 0.1) is 23.7 Å². The van der Waals surface area contributed by atoms with Gasteiger partial charge in [0, 0.05) is 56.2 Å². The van der Waals surface area contributed by atoms with E-state index in [-0.39, 0.29) is 23.9 Å². The maximum atomic E-state index is 13.0. The topological polar surface area (TPSA) is 103 Å². The van der Waals surface area contributed by atoms with Crippen molar-refractivity contribution in [2.75, 3.05) is 30.8 Å². The number of benzene rings is 2. The number of alkyl halides is 2. The van der Waals surface area contributed by atoms with E-state index in [9.17, 15) is 22.0 Å². The molecule has 3 heterocycles. The summed E-state index contributed by atoms with van der Waals surface area (Å²) in [7, 11) is -1.64. The van der Waals surface area contributed by atoms with E-state index < -0.39 is 16.6 Å². The Balaban J connectivity index is 1.44. The predicted molar refractivity (Wildman–Crippen MR) is 148 cm³/mol. The number of hydrogen-bond donors (Lipinski definition) is 0. The van der Waals surface area contributed by atoms with Crippen LogP contribution in [0.25, 0.3) is 22.0 Å². The van der Waals surface area contributed by atoms with Crippen molar-refractivity contribution in [1.82, 2.24) is 23.6 Å². The second-order valence-corrected chi connectivity index (χ2v) is 12.0. The van der Waals surface area contributed by atoms with Gasteiger partial charge in [0.2, 0.25) is 16.0 Å². The third-order valence-electron chi connectivity index (χ3n) is 7.16. The van der Waals surface area contributed by atoms with Gasteiger partial charge in [-0.2, -0.15) is 13.1 Å². The molecule has 1 saturated heterocycles. The van der Waals surface area contributed by atoms with Crippen LogP contribution in [0.3, 0.4) is 0 Å². The molecule has 40 heavy (non-hydrogen) atoms. The highest BCUT2D eigenvalue weighted by atomic mass is 32.2. The van der Waals surface area contributed by atoms with Gasteiger partial charge in [-0.1, -0.05) is 23.8 Å². The van der Waals surface area contributed by atoms with Crippen LogP contribution in [-0.2, 0) is 23.6 Å². The predicted octanol–water partition coefficient (Wildman–Crippen LogP) is 3.23. The standard InChI is InChI=1S/C27H30F2N6O4S/c1-17-5-8-24(39-26(28)29)20(11-17)16-34-23-12-19(6-7-22(23)25(36)32(34)3)21-13-30-27(31-14-21)33-9-10-35(18(2)15-33)40(4,37)38/h5-8,11-14,18,26H,9-10,15-16H2,1-4H3/t18-/m1/s1. The summed E-state index contributed by atoms with van der Waals surface area (Å²) in [6.45, 7) is 2.22. The summed E-state index contributed by atoms with van der Waals surface area (Å²) in [4.78, 5) is 24.0. The molecule has 0 spiro atoms. The lowest BCUT2D eigenvalue weighted by molar-refractivity contribution is -0.0505. The van der Waals surface area contributed by atoms with Crippen molar-refractivity contribution in [2.45, 2.75) is 33.0 Å². The van der Waals surface area contributed by atoms with Gasteiger partial charge in [0.1, 0.15) is 5.75 Å². The first kappa shape index (κ1) is 27.7. The van der Waals surface area contributed by atoms with E-state index in [1.807, 2.05) is 30.9 Å². The summed E-state index contributed by atoms with van der Waals surface area (Å²) < 4.78 is 59.4. The van der Waals surface area contributed by atoms with Crippen molar-refractivity contribution in [1.29, 1.82) is 0 Å². The van der Waals surface area contributed by atoms with Crippen molar-refractivity contribution < 1.29 is 21.9 Å². The molecule has 0 N–H and O–H groups in total. The van der Waals surface area contributed by atoms with E-state index in [1.165, 1.54) is 21.3 Å². The molecule has 0 radical (unpaired) electrons. The summed E-state index contributed by atoms with van der Waals surface area (Å²) in [5.74, 6) is 0.564. The molecule has 0 aliphatic carbocycles. The lowest BCUT2D eigenvalue weighted by atomic mass is 10.1. The lowest BCUT2D eigenvalue weighted by Gasteiger charge is -2.38. The molecule has 1 aliphatic rings. The average Bonchev–Trinajstić information content (AvgIpc) is 3.13. The number of rotatable bonds is 7. The fourth-order valence-corrected chi connectivity index (χ4v) is 6.33. The van der Waals surface area contributed by atoms with E-state index in [4.69, 9.17) is 4.74 Å². The number of hydrogen-bond acceptors (Lipinski definition) is 7. The van der Waals surface area contributed by atoms with Gasteiger partial charge >= 0.3 is 6.61 Å². The molecular weight excluding hydrogens is 542 g/mol. The first-order valence-electron chi connectivity index (χ1n) is 12.7. The van der Waals surface area contributed by atoms with Crippen LogP contribution in [0.15, 0.2) is 53.6 Å². The van der Waals surface area contributed by atoms with Gasteiger partial charge in [0.25, 0.3) is 5.56 Å². The smallest absolute Gasteiger partial charge is 0.387 e. The molecule has 4 aromatic rings. The number of sulfonamides is 1. The number of aryl methyl sites for hydroxylation is 1. The van der Waals surface area contributed by atoms with Crippen molar-refractivity contribution in [3.05, 3.63) is 70.3 Å². The Bertz CT molecular complexity index is 1720. The van der Waals surface area contributed by atoms with E-state index in [1.54, 1.807) is 42.3 Å². The Morgan fingerprint density at radius 1 is 1.07 bits per heavy atom. The highest BCUT2D eigenvalue weighted by Crippen LogP contribution is 2.27. The fourth-order valence-electron chi connectivity index (χ4n) is 5.20. The molecule has 1 atom stereocenters. The minimum Gasteiger partial charge on any atom is -0.434 e. The maximum Gasteiger partial charge on any atom is 0.387 e. The van der Waals surface area contributed by atoms with Crippen LogP contribution in [0.4, 0.5) is 14.7 Å². The third kappa shape index (κ3) is 5.43. The van der Waals surface area contributed by atoms with Crippen LogP contribution in [-0.4, -0.2) is 70.6 Å². The van der Waals surface area contributed by atoms with Gasteiger partial charge in [-0.25, -0.2) is 18.4 Å². The summed E-state index contributed by atoms with van der Waals surface area (Å²) >= 11 is 0. The van der Waals surface area contributed by atoms with Crippen LogP contribution >= 0.6 is 0 Å².